The molecule has 1 amide bonds. The van der Waals surface area contributed by atoms with Crippen LogP contribution in [-0.2, 0) is 4.79 Å². The SMILES string of the molecule is COc1ccc(-[n+]2[nH]oc(=O)c2C(=O)CSC2=N/C(=C/c3cc(OC)ccc3OC)C(=O)N2c2ccccc2)cc1. The maximum Gasteiger partial charge on any atom is 0.438 e. The van der Waals surface area contributed by atoms with Gasteiger partial charge in [-0.1, -0.05) is 30.0 Å². The van der Waals surface area contributed by atoms with Gasteiger partial charge < -0.3 is 14.2 Å². The number of hydrogen-bond acceptors (Lipinski definition) is 9. The van der Waals surface area contributed by atoms with Crippen LogP contribution in [0, 0.1) is 0 Å². The van der Waals surface area contributed by atoms with E-state index in [2.05, 4.69) is 10.3 Å². The zero-order valence-corrected chi connectivity index (χ0v) is 23.1. The molecule has 0 atom stereocenters. The first-order valence-electron chi connectivity index (χ1n) is 12.3. The standard InChI is InChI=1S/C29H24N4O7S/c1-37-21-11-9-20(10-12-21)33-26(28(36)40-31-33)24(34)17-41-29-30-23(27(35)32(29)19-7-5-4-6-8-19)16-18-15-22(38-2)13-14-25(18)39-3/h4-16H,17H2,1-3H3/p+1/b23-16+. The molecular weight excluding hydrogens is 548 g/mol. The van der Waals surface area contributed by atoms with E-state index < -0.39 is 11.4 Å². The molecule has 4 aromatic rings. The van der Waals surface area contributed by atoms with Gasteiger partial charge in [-0.3, -0.25) is 19.0 Å². The summed E-state index contributed by atoms with van der Waals surface area (Å²) in [4.78, 5) is 45.4. The van der Waals surface area contributed by atoms with Crippen molar-refractivity contribution >= 4 is 40.4 Å². The molecule has 0 spiro atoms. The van der Waals surface area contributed by atoms with E-state index in [9.17, 15) is 14.4 Å². The Morgan fingerprint density at radius 2 is 1.68 bits per heavy atom. The van der Waals surface area contributed by atoms with Crippen LogP contribution < -0.4 is 29.4 Å². The zero-order valence-electron chi connectivity index (χ0n) is 22.3. The van der Waals surface area contributed by atoms with Crippen LogP contribution >= 0.6 is 11.8 Å². The number of carbonyl (C=O) groups is 2. The van der Waals surface area contributed by atoms with E-state index in [1.54, 1.807) is 79.9 Å². The van der Waals surface area contributed by atoms with Gasteiger partial charge >= 0.3 is 11.3 Å². The molecular formula is C29H25N4O7S+. The number of aliphatic imine (C=N–C) groups is 1. The third-order valence-electron chi connectivity index (χ3n) is 6.15. The van der Waals surface area contributed by atoms with Gasteiger partial charge in [0, 0.05) is 17.7 Å². The molecule has 5 rings (SSSR count). The van der Waals surface area contributed by atoms with Crippen LogP contribution in [0.25, 0.3) is 11.8 Å². The van der Waals surface area contributed by atoms with Gasteiger partial charge in [0.05, 0.1) is 32.8 Å². The third-order valence-corrected chi connectivity index (χ3v) is 7.09. The maximum atomic E-state index is 13.6. The number of benzene rings is 3. The van der Waals surface area contributed by atoms with Crippen molar-refractivity contribution in [3.8, 4) is 22.9 Å². The number of nitrogens with one attached hydrogen (secondary N) is 1. The number of carbonyl (C=O) groups excluding carboxylic acids is 2. The number of aromatic nitrogens is 2. The lowest BCUT2D eigenvalue weighted by Gasteiger charge is -2.17. The molecule has 12 heteroatoms. The van der Waals surface area contributed by atoms with Gasteiger partial charge in [0.25, 0.3) is 5.91 Å². The fourth-order valence-electron chi connectivity index (χ4n) is 4.12. The number of nitrogens with zero attached hydrogens (tertiary/aromatic N) is 3. The Labute approximate surface area is 238 Å². The Bertz CT molecular complexity index is 1710. The highest BCUT2D eigenvalue weighted by Crippen LogP contribution is 2.32. The monoisotopic (exact) mass is 573 g/mol. The molecule has 0 fully saturated rings. The number of ether oxygens (including phenoxy) is 3. The summed E-state index contributed by atoms with van der Waals surface area (Å²) < 4.78 is 22.1. The Hall–Kier alpha value is -5.10. The Morgan fingerprint density at radius 1 is 0.976 bits per heavy atom. The minimum Gasteiger partial charge on any atom is -0.497 e. The quantitative estimate of drug-likeness (QED) is 0.183. The maximum absolute atomic E-state index is 13.6. The van der Waals surface area contributed by atoms with Crippen molar-refractivity contribution in [2.45, 2.75) is 0 Å². The van der Waals surface area contributed by atoms with Crippen LogP contribution in [0.4, 0.5) is 5.69 Å². The van der Waals surface area contributed by atoms with Crippen LogP contribution in [0.2, 0.25) is 0 Å². The van der Waals surface area contributed by atoms with Crippen molar-refractivity contribution in [1.29, 1.82) is 0 Å². The molecule has 0 bridgehead atoms. The van der Waals surface area contributed by atoms with Crippen LogP contribution in [0.1, 0.15) is 16.1 Å². The van der Waals surface area contributed by atoms with Gasteiger partial charge in [-0.15, -0.1) is 0 Å². The van der Waals surface area contributed by atoms with Gasteiger partial charge in [0.2, 0.25) is 11.5 Å². The second-order valence-electron chi connectivity index (χ2n) is 8.58. The number of anilines is 1. The number of methoxy groups -OCH3 is 3. The van der Waals surface area contributed by atoms with Gasteiger partial charge in [-0.2, -0.15) is 0 Å². The predicted octanol–water partition coefficient (Wildman–Crippen LogP) is 3.63. The summed E-state index contributed by atoms with van der Waals surface area (Å²) in [6.45, 7) is 0. The van der Waals surface area contributed by atoms with E-state index in [1.165, 1.54) is 23.8 Å². The average molecular weight is 574 g/mol. The third kappa shape index (κ3) is 5.63. The van der Waals surface area contributed by atoms with Gasteiger partial charge in [-0.05, 0) is 58.5 Å². The lowest BCUT2D eigenvalue weighted by Crippen LogP contribution is -2.41. The number of H-pyrrole nitrogens is 1. The number of Topliss-reactive ketones (excluding diaryl/α,β-unsaturated/α-hetero) is 1. The zero-order chi connectivity index (χ0) is 28.9. The van der Waals surface area contributed by atoms with E-state index in [0.29, 0.717) is 34.2 Å². The summed E-state index contributed by atoms with van der Waals surface area (Å²) in [5, 5.41) is 2.74. The smallest absolute Gasteiger partial charge is 0.438 e. The number of ketones is 1. The number of amidine groups is 1. The van der Waals surface area contributed by atoms with Crippen molar-refractivity contribution in [2.75, 3.05) is 32.0 Å². The molecule has 41 heavy (non-hydrogen) atoms. The van der Waals surface area contributed by atoms with Crippen LogP contribution in [0.15, 0.2) is 92.8 Å². The fourth-order valence-corrected chi connectivity index (χ4v) is 5.00. The molecule has 3 aromatic carbocycles. The second-order valence-corrected chi connectivity index (χ2v) is 9.53. The van der Waals surface area contributed by atoms with Crippen molar-refractivity contribution < 1.29 is 33.0 Å². The Kier molecular flexibility index (Phi) is 8.01. The lowest BCUT2D eigenvalue weighted by atomic mass is 10.1. The largest absolute Gasteiger partial charge is 0.497 e. The van der Waals surface area contributed by atoms with E-state index in [-0.39, 0.29) is 28.2 Å². The molecule has 0 radical (unpaired) electrons. The Morgan fingerprint density at radius 3 is 2.37 bits per heavy atom. The molecule has 0 saturated heterocycles. The van der Waals surface area contributed by atoms with E-state index in [4.69, 9.17) is 18.7 Å². The van der Waals surface area contributed by atoms with Crippen LogP contribution in [-0.4, -0.2) is 49.2 Å². The molecule has 0 aliphatic carbocycles. The fraction of sp³-hybridized carbons (Fsp3) is 0.138. The molecule has 1 aliphatic heterocycles. The van der Waals surface area contributed by atoms with Gasteiger partial charge in [0.1, 0.15) is 22.9 Å². The molecule has 1 aliphatic rings. The summed E-state index contributed by atoms with van der Waals surface area (Å²) in [5.41, 5.74) is 0.801. The van der Waals surface area contributed by atoms with Crippen LogP contribution in [0.3, 0.4) is 0 Å². The lowest BCUT2D eigenvalue weighted by molar-refractivity contribution is -0.672. The summed E-state index contributed by atoms with van der Waals surface area (Å²) in [6.07, 6.45) is 1.60. The summed E-state index contributed by atoms with van der Waals surface area (Å²) in [7, 11) is 4.61. The minimum atomic E-state index is -0.818. The first kappa shape index (κ1) is 27.5. The normalized spacial score (nSPS) is 13.8. The van der Waals surface area contributed by atoms with Gasteiger partial charge in [0.15, 0.2) is 5.17 Å². The van der Waals surface area contributed by atoms with E-state index in [1.807, 2.05) is 6.07 Å². The predicted molar refractivity (Wildman–Crippen MR) is 153 cm³/mol. The molecule has 0 unspecified atom stereocenters. The van der Waals surface area contributed by atoms with Crippen molar-refractivity contribution in [3.05, 3.63) is 100 Å². The summed E-state index contributed by atoms with van der Waals surface area (Å²) >= 11 is 1.03. The van der Waals surface area contributed by atoms with Crippen molar-refractivity contribution in [2.24, 2.45) is 4.99 Å². The first-order chi connectivity index (χ1) is 19.9. The molecule has 1 N–H and O–H groups in total. The number of para-hydroxylation sites is 1. The second kappa shape index (κ2) is 12.0. The van der Waals surface area contributed by atoms with Gasteiger partial charge in [-0.25, -0.2) is 9.79 Å². The van der Waals surface area contributed by atoms with Crippen LogP contribution in [0.5, 0.6) is 17.2 Å². The topological polar surface area (TPSA) is 127 Å². The number of aromatic amines is 1. The van der Waals surface area contributed by atoms with Crippen molar-refractivity contribution in [3.63, 3.8) is 0 Å². The molecule has 0 saturated carbocycles. The number of rotatable bonds is 9. The molecule has 2 heterocycles. The average Bonchev–Trinajstić information content (AvgIpc) is 3.55. The molecule has 1 aromatic heterocycles. The minimum absolute atomic E-state index is 0.143. The summed E-state index contributed by atoms with van der Waals surface area (Å²) in [6, 6.07) is 20.9. The molecule has 208 valence electrons. The Balaban J connectivity index is 1.46. The highest BCUT2D eigenvalue weighted by atomic mass is 32.2. The number of thioether (sulfide) groups is 1. The van der Waals surface area contributed by atoms with E-state index in [0.717, 1.165) is 11.8 Å². The van der Waals surface area contributed by atoms with Crippen molar-refractivity contribution in [1.82, 2.24) is 5.27 Å². The number of amides is 1. The summed E-state index contributed by atoms with van der Waals surface area (Å²) in [5.74, 6) is 0.642. The highest BCUT2D eigenvalue weighted by Gasteiger charge is 2.35. The molecule has 11 nitrogen and oxygen atoms in total. The first-order valence-corrected chi connectivity index (χ1v) is 13.3. The number of hydrogen-bond donors (Lipinski definition) is 1. The van der Waals surface area contributed by atoms with E-state index >= 15 is 0 Å². The highest BCUT2D eigenvalue weighted by molar-refractivity contribution is 8.14.